The molecule has 0 fully saturated rings. The molecule has 1 nitrogen and oxygen atoms in total. The second kappa shape index (κ2) is 5.93. The maximum Gasteiger partial charge on any atom is 0.126 e. The third-order valence-electron chi connectivity index (χ3n) is 2.96. The van der Waals surface area contributed by atoms with E-state index in [1.165, 1.54) is 6.07 Å². The molecule has 0 saturated carbocycles. The molecular formula is C15H13BrClFO. The van der Waals surface area contributed by atoms with Crippen LogP contribution in [0.1, 0.15) is 22.1 Å². The van der Waals surface area contributed by atoms with Crippen LogP contribution in [0.25, 0.3) is 0 Å². The van der Waals surface area contributed by atoms with E-state index in [1.807, 2.05) is 18.2 Å². The van der Waals surface area contributed by atoms with Crippen LogP contribution in [0.4, 0.5) is 4.39 Å². The number of benzene rings is 2. The maximum atomic E-state index is 13.3. The van der Waals surface area contributed by atoms with E-state index in [-0.39, 0.29) is 11.2 Å². The Kier molecular flexibility index (Phi) is 4.48. The zero-order valence-electron chi connectivity index (χ0n) is 10.6. The Morgan fingerprint density at radius 3 is 2.53 bits per heavy atom. The molecule has 0 radical (unpaired) electrons. The summed E-state index contributed by atoms with van der Waals surface area (Å²) in [6.07, 6.45) is 0. The lowest BCUT2D eigenvalue weighted by atomic mass is 10.0. The first-order valence-electron chi connectivity index (χ1n) is 5.76. The van der Waals surface area contributed by atoms with Crippen molar-refractivity contribution < 1.29 is 9.13 Å². The molecule has 2 aromatic rings. The molecule has 19 heavy (non-hydrogen) atoms. The van der Waals surface area contributed by atoms with E-state index in [0.29, 0.717) is 5.56 Å². The number of ether oxygens (including phenoxy) is 1. The SMILES string of the molecule is COc1ccc(C(Cl)c2ccc(F)c(C)c2)c(Br)c1. The Balaban J connectivity index is 2.38. The molecule has 1 unspecified atom stereocenters. The van der Waals surface area contributed by atoms with Crippen molar-refractivity contribution in [2.75, 3.05) is 7.11 Å². The zero-order chi connectivity index (χ0) is 14.0. The van der Waals surface area contributed by atoms with Gasteiger partial charge in [-0.15, -0.1) is 11.6 Å². The number of rotatable bonds is 3. The van der Waals surface area contributed by atoms with E-state index in [0.717, 1.165) is 21.3 Å². The van der Waals surface area contributed by atoms with Crippen LogP contribution in [-0.2, 0) is 0 Å². The molecule has 2 aromatic carbocycles. The summed E-state index contributed by atoms with van der Waals surface area (Å²) in [5.41, 5.74) is 2.38. The zero-order valence-corrected chi connectivity index (χ0v) is 12.9. The van der Waals surface area contributed by atoms with Crippen LogP contribution in [0.5, 0.6) is 5.75 Å². The third-order valence-corrected chi connectivity index (χ3v) is 4.13. The van der Waals surface area contributed by atoms with Gasteiger partial charge in [-0.2, -0.15) is 0 Å². The minimum Gasteiger partial charge on any atom is -0.497 e. The highest BCUT2D eigenvalue weighted by molar-refractivity contribution is 9.10. The van der Waals surface area contributed by atoms with Gasteiger partial charge in [0.05, 0.1) is 12.5 Å². The number of hydrogen-bond donors (Lipinski definition) is 0. The lowest BCUT2D eigenvalue weighted by molar-refractivity contribution is 0.414. The standard InChI is InChI=1S/C15H13BrClFO/c1-9-7-10(3-6-14(9)18)15(17)12-5-4-11(19-2)8-13(12)16/h3-8,15H,1-2H3. The summed E-state index contributed by atoms with van der Waals surface area (Å²) in [7, 11) is 1.61. The van der Waals surface area contributed by atoms with Crippen molar-refractivity contribution in [2.24, 2.45) is 0 Å². The van der Waals surface area contributed by atoms with Crippen LogP contribution in [0, 0.1) is 12.7 Å². The number of alkyl halides is 1. The Labute approximate surface area is 125 Å². The lowest BCUT2D eigenvalue weighted by Crippen LogP contribution is -1.97. The van der Waals surface area contributed by atoms with Gasteiger partial charge in [-0.1, -0.05) is 34.1 Å². The number of halogens is 3. The molecule has 0 saturated heterocycles. The monoisotopic (exact) mass is 342 g/mol. The largest absolute Gasteiger partial charge is 0.497 e. The van der Waals surface area contributed by atoms with Gasteiger partial charge >= 0.3 is 0 Å². The van der Waals surface area contributed by atoms with Gasteiger partial charge in [0.2, 0.25) is 0 Å². The molecule has 4 heteroatoms. The molecule has 0 aliphatic rings. The van der Waals surface area contributed by atoms with Crippen molar-refractivity contribution in [3.05, 3.63) is 63.4 Å². The molecule has 100 valence electrons. The molecule has 2 rings (SSSR count). The second-order valence-corrected chi connectivity index (χ2v) is 5.55. The maximum absolute atomic E-state index is 13.3. The fourth-order valence-corrected chi connectivity index (χ4v) is 2.89. The first-order valence-corrected chi connectivity index (χ1v) is 6.99. The number of hydrogen-bond acceptors (Lipinski definition) is 1. The normalized spacial score (nSPS) is 12.3. The predicted molar refractivity (Wildman–Crippen MR) is 79.5 cm³/mol. The highest BCUT2D eigenvalue weighted by atomic mass is 79.9. The molecule has 0 aliphatic heterocycles. The summed E-state index contributed by atoms with van der Waals surface area (Å²) >= 11 is 9.94. The first kappa shape index (κ1) is 14.4. The van der Waals surface area contributed by atoms with Gasteiger partial charge < -0.3 is 4.74 Å². The van der Waals surface area contributed by atoms with Gasteiger partial charge in [-0.05, 0) is 41.8 Å². The van der Waals surface area contributed by atoms with Crippen LogP contribution < -0.4 is 4.74 Å². The van der Waals surface area contributed by atoms with Crippen LogP contribution in [-0.4, -0.2) is 7.11 Å². The lowest BCUT2D eigenvalue weighted by Gasteiger charge is -2.14. The number of methoxy groups -OCH3 is 1. The molecule has 0 N–H and O–H groups in total. The average Bonchev–Trinajstić information content (AvgIpc) is 2.41. The van der Waals surface area contributed by atoms with E-state index in [1.54, 1.807) is 26.2 Å². The summed E-state index contributed by atoms with van der Waals surface area (Å²) in [5.74, 6) is 0.538. The van der Waals surface area contributed by atoms with Crippen LogP contribution >= 0.6 is 27.5 Å². The van der Waals surface area contributed by atoms with Gasteiger partial charge in [0.15, 0.2) is 0 Å². The Morgan fingerprint density at radius 1 is 1.21 bits per heavy atom. The minimum absolute atomic E-state index is 0.221. The summed E-state index contributed by atoms with van der Waals surface area (Å²) in [6.45, 7) is 1.73. The first-order chi connectivity index (χ1) is 9.02. The van der Waals surface area contributed by atoms with E-state index < -0.39 is 0 Å². The third kappa shape index (κ3) is 3.10. The van der Waals surface area contributed by atoms with Crippen molar-refractivity contribution in [1.82, 2.24) is 0 Å². The highest BCUT2D eigenvalue weighted by Crippen LogP contribution is 2.36. The van der Waals surface area contributed by atoms with Gasteiger partial charge in [-0.25, -0.2) is 4.39 Å². The summed E-state index contributed by atoms with van der Waals surface area (Å²) in [4.78, 5) is 0. The molecule has 1 atom stereocenters. The average molecular weight is 344 g/mol. The fraction of sp³-hybridized carbons (Fsp3) is 0.200. The van der Waals surface area contributed by atoms with Crippen molar-refractivity contribution in [3.8, 4) is 5.75 Å². The van der Waals surface area contributed by atoms with Crippen molar-refractivity contribution in [3.63, 3.8) is 0 Å². The second-order valence-electron chi connectivity index (χ2n) is 4.26. The molecular weight excluding hydrogens is 331 g/mol. The van der Waals surface area contributed by atoms with Gasteiger partial charge in [0.1, 0.15) is 11.6 Å². The van der Waals surface area contributed by atoms with Crippen molar-refractivity contribution >= 4 is 27.5 Å². The molecule has 0 amide bonds. The predicted octanol–water partition coefficient (Wildman–Crippen LogP) is 5.23. The molecule has 0 aliphatic carbocycles. The summed E-state index contributed by atoms with van der Waals surface area (Å²) in [6, 6.07) is 10.5. The summed E-state index contributed by atoms with van der Waals surface area (Å²) in [5, 5.41) is -0.334. The van der Waals surface area contributed by atoms with Crippen molar-refractivity contribution in [1.29, 1.82) is 0 Å². The number of aryl methyl sites for hydroxylation is 1. The van der Waals surface area contributed by atoms with Crippen LogP contribution in [0.3, 0.4) is 0 Å². The molecule has 0 spiro atoms. The Bertz CT molecular complexity index is 601. The Hall–Kier alpha value is -1.06. The van der Waals surface area contributed by atoms with Gasteiger partial charge in [0, 0.05) is 4.47 Å². The smallest absolute Gasteiger partial charge is 0.126 e. The topological polar surface area (TPSA) is 9.23 Å². The van der Waals surface area contributed by atoms with Gasteiger partial charge in [0.25, 0.3) is 0 Å². The van der Waals surface area contributed by atoms with Crippen LogP contribution in [0.15, 0.2) is 40.9 Å². The molecule has 0 heterocycles. The highest BCUT2D eigenvalue weighted by Gasteiger charge is 2.15. The van der Waals surface area contributed by atoms with Gasteiger partial charge in [-0.3, -0.25) is 0 Å². The van der Waals surface area contributed by atoms with Crippen molar-refractivity contribution in [2.45, 2.75) is 12.3 Å². The fourth-order valence-electron chi connectivity index (χ4n) is 1.85. The van der Waals surface area contributed by atoms with E-state index in [9.17, 15) is 4.39 Å². The molecule has 0 bridgehead atoms. The Morgan fingerprint density at radius 2 is 1.95 bits per heavy atom. The summed E-state index contributed by atoms with van der Waals surface area (Å²) < 4.78 is 19.3. The minimum atomic E-state index is -0.334. The van der Waals surface area contributed by atoms with Crippen LogP contribution in [0.2, 0.25) is 0 Å². The van der Waals surface area contributed by atoms with E-state index in [4.69, 9.17) is 16.3 Å². The van der Waals surface area contributed by atoms with E-state index >= 15 is 0 Å². The molecule has 0 aromatic heterocycles. The quantitative estimate of drug-likeness (QED) is 0.693. The van der Waals surface area contributed by atoms with E-state index in [2.05, 4.69) is 15.9 Å².